The molecule has 4 rings (SSSR count). The van der Waals surface area contributed by atoms with Gasteiger partial charge in [0, 0.05) is 16.0 Å². The summed E-state index contributed by atoms with van der Waals surface area (Å²) in [5.41, 5.74) is 1.34. The number of sulfonamides is 1. The summed E-state index contributed by atoms with van der Waals surface area (Å²) >= 11 is 13.7. The van der Waals surface area contributed by atoms with Gasteiger partial charge in [0.25, 0.3) is 16.0 Å². The minimum absolute atomic E-state index is 0.0369. The van der Waals surface area contributed by atoms with Gasteiger partial charge in [0.05, 0.1) is 22.2 Å². The number of ether oxygens (including phenoxy) is 1. The molecule has 4 aromatic rings. The smallest absolute Gasteiger partial charge is 0.264 e. The third kappa shape index (κ3) is 4.04. The third-order valence-electron chi connectivity index (χ3n) is 3.96. The molecule has 0 aliphatic rings. The SMILES string of the molecule is CCOc1ccc(S(=O)(=O)Nc2nc3scc(-c4cc(Cl)ccc4Cl)n3n2)cc1. The molecule has 150 valence electrons. The first-order valence-electron chi connectivity index (χ1n) is 8.43. The van der Waals surface area contributed by atoms with Crippen molar-refractivity contribution >= 4 is 55.5 Å². The van der Waals surface area contributed by atoms with Gasteiger partial charge in [0.15, 0.2) is 0 Å². The molecule has 0 fully saturated rings. The summed E-state index contributed by atoms with van der Waals surface area (Å²) in [5, 5.41) is 7.14. The van der Waals surface area contributed by atoms with Crippen LogP contribution in [0.1, 0.15) is 6.92 Å². The fraction of sp³-hybridized carbons (Fsp3) is 0.111. The van der Waals surface area contributed by atoms with Crippen molar-refractivity contribution in [2.45, 2.75) is 11.8 Å². The largest absolute Gasteiger partial charge is 0.494 e. The van der Waals surface area contributed by atoms with E-state index in [1.54, 1.807) is 30.3 Å². The molecule has 2 aromatic heterocycles. The highest BCUT2D eigenvalue weighted by Crippen LogP contribution is 2.33. The molecule has 0 aliphatic carbocycles. The average molecular weight is 469 g/mol. The van der Waals surface area contributed by atoms with Crippen molar-refractivity contribution in [2.75, 3.05) is 11.3 Å². The number of hydrogen-bond acceptors (Lipinski definition) is 6. The normalized spacial score (nSPS) is 11.7. The Morgan fingerprint density at radius 1 is 1.17 bits per heavy atom. The summed E-state index contributed by atoms with van der Waals surface area (Å²) in [5.74, 6) is 0.556. The summed E-state index contributed by atoms with van der Waals surface area (Å²) < 4.78 is 34.6. The number of halogens is 2. The van der Waals surface area contributed by atoms with Gasteiger partial charge in [-0.05, 0) is 49.4 Å². The van der Waals surface area contributed by atoms with Crippen LogP contribution in [0.3, 0.4) is 0 Å². The summed E-state index contributed by atoms with van der Waals surface area (Å²) in [6.45, 7) is 2.35. The Morgan fingerprint density at radius 2 is 1.93 bits per heavy atom. The number of anilines is 1. The second kappa shape index (κ2) is 7.83. The van der Waals surface area contributed by atoms with Gasteiger partial charge in [0.1, 0.15) is 5.75 Å². The molecule has 0 saturated heterocycles. The van der Waals surface area contributed by atoms with Gasteiger partial charge >= 0.3 is 0 Å². The molecule has 2 aromatic carbocycles. The molecule has 0 bridgehead atoms. The van der Waals surface area contributed by atoms with Crippen LogP contribution in [-0.4, -0.2) is 29.6 Å². The van der Waals surface area contributed by atoms with Gasteiger partial charge in [0.2, 0.25) is 4.96 Å². The molecule has 0 spiro atoms. The minimum atomic E-state index is -3.85. The van der Waals surface area contributed by atoms with E-state index >= 15 is 0 Å². The molecule has 11 heteroatoms. The van der Waals surface area contributed by atoms with Crippen LogP contribution in [0.2, 0.25) is 10.0 Å². The van der Waals surface area contributed by atoms with E-state index in [2.05, 4.69) is 14.8 Å². The van der Waals surface area contributed by atoms with Crippen molar-refractivity contribution in [1.29, 1.82) is 0 Å². The molecule has 1 N–H and O–H groups in total. The maximum Gasteiger partial charge on any atom is 0.264 e. The predicted molar refractivity (Wildman–Crippen MR) is 115 cm³/mol. The number of nitrogens with one attached hydrogen (secondary N) is 1. The highest BCUT2D eigenvalue weighted by molar-refractivity contribution is 7.92. The lowest BCUT2D eigenvalue weighted by Gasteiger charge is -2.06. The van der Waals surface area contributed by atoms with Crippen molar-refractivity contribution in [1.82, 2.24) is 14.6 Å². The molecule has 0 saturated carbocycles. The van der Waals surface area contributed by atoms with E-state index in [1.165, 1.54) is 28.0 Å². The summed E-state index contributed by atoms with van der Waals surface area (Å²) in [7, 11) is -3.85. The number of aromatic nitrogens is 3. The highest BCUT2D eigenvalue weighted by Gasteiger charge is 2.19. The summed E-state index contributed by atoms with van der Waals surface area (Å²) in [6, 6.07) is 11.2. The van der Waals surface area contributed by atoms with Crippen molar-refractivity contribution in [2.24, 2.45) is 0 Å². The van der Waals surface area contributed by atoms with E-state index in [1.807, 2.05) is 12.3 Å². The van der Waals surface area contributed by atoms with Crippen LogP contribution in [-0.2, 0) is 10.0 Å². The van der Waals surface area contributed by atoms with Crippen LogP contribution < -0.4 is 9.46 Å². The van der Waals surface area contributed by atoms with Gasteiger partial charge in [-0.3, -0.25) is 0 Å². The van der Waals surface area contributed by atoms with Crippen LogP contribution in [0.4, 0.5) is 5.95 Å². The molecule has 0 radical (unpaired) electrons. The zero-order valence-corrected chi connectivity index (χ0v) is 18.1. The predicted octanol–water partition coefficient (Wildman–Crippen LogP) is 4.96. The standard InChI is InChI=1S/C18H14Cl2N4O3S2/c1-2-27-12-4-6-13(7-5-12)29(25,26)23-17-21-18-24(22-17)16(10-28-18)14-9-11(19)3-8-15(14)20/h3-10H,2H2,1H3,(H,22,23). The van der Waals surface area contributed by atoms with E-state index in [0.717, 1.165) is 0 Å². The topological polar surface area (TPSA) is 85.6 Å². The lowest BCUT2D eigenvalue weighted by Crippen LogP contribution is -2.14. The third-order valence-corrected chi connectivity index (χ3v) is 6.68. The average Bonchev–Trinajstić information content (AvgIpc) is 3.24. The highest BCUT2D eigenvalue weighted by atomic mass is 35.5. The minimum Gasteiger partial charge on any atom is -0.494 e. The Bertz CT molecular complexity index is 1280. The molecule has 0 amide bonds. The van der Waals surface area contributed by atoms with Crippen LogP contribution in [0.15, 0.2) is 52.7 Å². The van der Waals surface area contributed by atoms with Crippen molar-refractivity contribution in [3.05, 3.63) is 57.9 Å². The summed E-state index contributed by atoms with van der Waals surface area (Å²) in [6.07, 6.45) is 0. The van der Waals surface area contributed by atoms with Crippen molar-refractivity contribution in [3.8, 4) is 17.0 Å². The Hall–Kier alpha value is -2.33. The molecule has 2 heterocycles. The lowest BCUT2D eigenvalue weighted by atomic mass is 10.2. The summed E-state index contributed by atoms with van der Waals surface area (Å²) in [4.78, 5) is 4.84. The van der Waals surface area contributed by atoms with Gasteiger partial charge in [-0.1, -0.05) is 23.2 Å². The quantitative estimate of drug-likeness (QED) is 0.431. The first-order valence-corrected chi connectivity index (χ1v) is 11.5. The number of thiazole rings is 1. The van der Waals surface area contributed by atoms with Gasteiger partial charge in [-0.25, -0.2) is 17.7 Å². The Balaban J connectivity index is 1.65. The Kier molecular flexibility index (Phi) is 5.39. The number of nitrogens with zero attached hydrogens (tertiary/aromatic N) is 3. The monoisotopic (exact) mass is 468 g/mol. The van der Waals surface area contributed by atoms with E-state index in [-0.39, 0.29) is 10.8 Å². The zero-order valence-electron chi connectivity index (χ0n) is 15.0. The number of fused-ring (bicyclic) bond motifs is 1. The first kappa shape index (κ1) is 20.0. The molecule has 0 aliphatic heterocycles. The maximum atomic E-state index is 12.6. The van der Waals surface area contributed by atoms with Gasteiger partial charge in [-0.2, -0.15) is 4.98 Å². The zero-order chi connectivity index (χ0) is 20.6. The van der Waals surface area contributed by atoms with Gasteiger partial charge in [-0.15, -0.1) is 16.4 Å². The number of benzene rings is 2. The van der Waals surface area contributed by atoms with E-state index in [9.17, 15) is 8.42 Å². The van der Waals surface area contributed by atoms with Crippen LogP contribution in [0.5, 0.6) is 5.75 Å². The maximum absolute atomic E-state index is 12.6. The lowest BCUT2D eigenvalue weighted by molar-refractivity contribution is 0.340. The molecular formula is C18H14Cl2N4O3S2. The Labute approximate surface area is 180 Å². The fourth-order valence-corrected chi connectivity index (χ4v) is 4.81. The van der Waals surface area contributed by atoms with Crippen LogP contribution >= 0.6 is 34.5 Å². The second-order valence-electron chi connectivity index (χ2n) is 5.88. The van der Waals surface area contributed by atoms with Crippen LogP contribution in [0.25, 0.3) is 16.2 Å². The molecule has 7 nitrogen and oxygen atoms in total. The molecule has 0 unspecified atom stereocenters. The van der Waals surface area contributed by atoms with Crippen molar-refractivity contribution in [3.63, 3.8) is 0 Å². The molecule has 29 heavy (non-hydrogen) atoms. The number of hydrogen-bond donors (Lipinski definition) is 1. The Morgan fingerprint density at radius 3 is 2.66 bits per heavy atom. The molecular weight excluding hydrogens is 455 g/mol. The second-order valence-corrected chi connectivity index (χ2v) is 9.25. The first-order chi connectivity index (χ1) is 13.9. The van der Waals surface area contributed by atoms with Crippen molar-refractivity contribution < 1.29 is 13.2 Å². The number of rotatable bonds is 6. The molecule has 0 atom stereocenters. The van der Waals surface area contributed by atoms with E-state index < -0.39 is 10.0 Å². The van der Waals surface area contributed by atoms with E-state index in [4.69, 9.17) is 27.9 Å². The van der Waals surface area contributed by atoms with E-state index in [0.29, 0.717) is 38.6 Å². The fourth-order valence-electron chi connectivity index (χ4n) is 2.66. The van der Waals surface area contributed by atoms with Crippen LogP contribution in [0, 0.1) is 0 Å². The van der Waals surface area contributed by atoms with Gasteiger partial charge < -0.3 is 4.74 Å².